The molecule has 1 aromatic carbocycles. The van der Waals surface area contributed by atoms with Crippen molar-refractivity contribution < 1.29 is 9.90 Å². The highest BCUT2D eigenvalue weighted by Crippen LogP contribution is 2.28. The van der Waals surface area contributed by atoms with E-state index in [1.54, 1.807) is 6.07 Å². The van der Waals surface area contributed by atoms with Crippen LogP contribution < -0.4 is 5.32 Å². The number of aryl methyl sites for hydroxylation is 1. The van der Waals surface area contributed by atoms with Crippen LogP contribution in [-0.4, -0.2) is 35.2 Å². The zero-order valence-electron chi connectivity index (χ0n) is 11.7. The molecule has 0 aliphatic heterocycles. The Bertz CT molecular complexity index is 475. The Morgan fingerprint density at radius 1 is 1.45 bits per heavy atom. The molecule has 4 nitrogen and oxygen atoms in total. The lowest BCUT2D eigenvalue weighted by atomic mass is 10.2. The van der Waals surface area contributed by atoms with Crippen molar-refractivity contribution in [2.45, 2.75) is 38.6 Å². The highest BCUT2D eigenvalue weighted by atomic mass is 35.5. The molecule has 0 atom stereocenters. The van der Waals surface area contributed by atoms with Crippen LogP contribution in [0.3, 0.4) is 0 Å². The summed E-state index contributed by atoms with van der Waals surface area (Å²) in [4.78, 5) is 14.2. The summed E-state index contributed by atoms with van der Waals surface area (Å²) in [5.41, 5.74) is 1.75. The molecule has 0 bridgehead atoms. The van der Waals surface area contributed by atoms with E-state index in [1.165, 1.54) is 0 Å². The number of urea groups is 1. The molecule has 2 N–H and O–H groups in total. The van der Waals surface area contributed by atoms with E-state index in [1.807, 2.05) is 24.0 Å². The van der Waals surface area contributed by atoms with Gasteiger partial charge in [-0.2, -0.15) is 0 Å². The number of rotatable bonds is 6. The molecular weight excluding hydrogens is 276 g/mol. The average molecular weight is 297 g/mol. The normalized spacial score (nSPS) is 14.2. The van der Waals surface area contributed by atoms with Crippen LogP contribution in [0.25, 0.3) is 0 Å². The number of carbonyl (C=O) groups excluding carboxylic acids is 1. The third-order valence-corrected chi connectivity index (χ3v) is 3.72. The van der Waals surface area contributed by atoms with E-state index in [4.69, 9.17) is 16.7 Å². The number of benzene rings is 1. The van der Waals surface area contributed by atoms with Gasteiger partial charge in [-0.25, -0.2) is 4.79 Å². The van der Waals surface area contributed by atoms with Gasteiger partial charge in [0.05, 0.1) is 0 Å². The number of nitrogens with one attached hydrogen (secondary N) is 1. The first-order valence-electron chi connectivity index (χ1n) is 7.06. The summed E-state index contributed by atoms with van der Waals surface area (Å²) >= 11 is 5.91. The van der Waals surface area contributed by atoms with Crippen LogP contribution in [0.4, 0.5) is 10.5 Å². The maximum Gasteiger partial charge on any atom is 0.322 e. The number of hydrogen-bond acceptors (Lipinski definition) is 2. The summed E-state index contributed by atoms with van der Waals surface area (Å²) in [7, 11) is 0. The van der Waals surface area contributed by atoms with Crippen LogP contribution in [0, 0.1) is 6.92 Å². The first-order chi connectivity index (χ1) is 9.61. The summed E-state index contributed by atoms with van der Waals surface area (Å²) in [5.74, 6) is 0. The number of carbonyl (C=O) groups is 1. The Labute approximate surface area is 124 Å². The van der Waals surface area contributed by atoms with E-state index in [9.17, 15) is 4.79 Å². The van der Waals surface area contributed by atoms with Gasteiger partial charge in [-0.05, 0) is 56.4 Å². The molecule has 1 aromatic rings. The van der Waals surface area contributed by atoms with Gasteiger partial charge in [0.15, 0.2) is 0 Å². The minimum Gasteiger partial charge on any atom is -0.396 e. The van der Waals surface area contributed by atoms with Crippen molar-refractivity contribution in [3.63, 3.8) is 0 Å². The van der Waals surface area contributed by atoms with Crippen molar-refractivity contribution in [2.75, 3.05) is 18.5 Å². The number of aliphatic hydroxyl groups excluding tert-OH is 1. The number of aliphatic hydroxyl groups is 1. The Morgan fingerprint density at radius 2 is 2.20 bits per heavy atom. The van der Waals surface area contributed by atoms with Crippen LogP contribution in [0.15, 0.2) is 18.2 Å². The fourth-order valence-corrected chi connectivity index (χ4v) is 2.41. The molecule has 1 aliphatic rings. The molecule has 5 heteroatoms. The summed E-state index contributed by atoms with van der Waals surface area (Å²) in [6, 6.07) is 5.74. The van der Waals surface area contributed by atoms with Crippen LogP contribution in [0.1, 0.15) is 31.2 Å². The molecule has 1 aliphatic carbocycles. The van der Waals surface area contributed by atoms with Crippen molar-refractivity contribution in [2.24, 2.45) is 0 Å². The molecule has 1 saturated carbocycles. The summed E-state index contributed by atoms with van der Waals surface area (Å²) < 4.78 is 0. The maximum absolute atomic E-state index is 12.3. The van der Waals surface area contributed by atoms with E-state index >= 15 is 0 Å². The molecule has 2 amide bonds. The van der Waals surface area contributed by atoms with Gasteiger partial charge >= 0.3 is 6.03 Å². The van der Waals surface area contributed by atoms with Gasteiger partial charge < -0.3 is 15.3 Å². The first kappa shape index (κ1) is 15.1. The lowest BCUT2D eigenvalue weighted by Crippen LogP contribution is -2.37. The van der Waals surface area contributed by atoms with Crippen LogP contribution in [-0.2, 0) is 0 Å². The van der Waals surface area contributed by atoms with Crippen LogP contribution >= 0.6 is 11.6 Å². The third-order valence-electron chi connectivity index (χ3n) is 3.49. The number of anilines is 1. The van der Waals surface area contributed by atoms with E-state index in [-0.39, 0.29) is 12.6 Å². The van der Waals surface area contributed by atoms with Crippen LogP contribution in [0.5, 0.6) is 0 Å². The molecular formula is C15H21ClN2O2. The van der Waals surface area contributed by atoms with Crippen molar-refractivity contribution in [1.82, 2.24) is 4.90 Å². The lowest BCUT2D eigenvalue weighted by molar-refractivity contribution is 0.204. The quantitative estimate of drug-likeness (QED) is 0.790. The summed E-state index contributed by atoms with van der Waals surface area (Å²) in [6.07, 6.45) is 3.72. The fraction of sp³-hybridized carbons (Fsp3) is 0.533. The van der Waals surface area contributed by atoms with Gasteiger partial charge in [-0.15, -0.1) is 0 Å². The minimum atomic E-state index is -0.0594. The SMILES string of the molecule is Cc1cc(Cl)ccc1NC(=O)N(CCCCO)C1CC1. The molecule has 0 radical (unpaired) electrons. The largest absolute Gasteiger partial charge is 0.396 e. The van der Waals surface area contributed by atoms with Gasteiger partial charge in [-0.3, -0.25) is 0 Å². The molecule has 110 valence electrons. The molecule has 0 aromatic heterocycles. The minimum absolute atomic E-state index is 0.0594. The number of halogens is 1. The van der Waals surface area contributed by atoms with Gasteiger partial charge in [0.1, 0.15) is 0 Å². The number of hydrogen-bond donors (Lipinski definition) is 2. The van der Waals surface area contributed by atoms with E-state index in [0.29, 0.717) is 17.6 Å². The summed E-state index contributed by atoms with van der Waals surface area (Å²) in [5, 5.41) is 12.5. The topological polar surface area (TPSA) is 52.6 Å². The zero-order valence-corrected chi connectivity index (χ0v) is 12.5. The zero-order chi connectivity index (χ0) is 14.5. The molecule has 0 heterocycles. The van der Waals surface area contributed by atoms with Crippen LogP contribution in [0.2, 0.25) is 5.02 Å². The molecule has 2 rings (SSSR count). The van der Waals surface area contributed by atoms with Crippen molar-refractivity contribution in [1.29, 1.82) is 0 Å². The molecule has 0 spiro atoms. The highest BCUT2D eigenvalue weighted by Gasteiger charge is 2.32. The van der Waals surface area contributed by atoms with Gasteiger partial charge in [-0.1, -0.05) is 11.6 Å². The van der Waals surface area contributed by atoms with Gasteiger partial charge in [0.25, 0.3) is 0 Å². The second-order valence-corrected chi connectivity index (χ2v) is 5.68. The predicted octanol–water partition coefficient (Wildman–Crippen LogP) is 3.42. The highest BCUT2D eigenvalue weighted by molar-refractivity contribution is 6.30. The van der Waals surface area contributed by atoms with Gasteiger partial charge in [0, 0.05) is 29.9 Å². The van der Waals surface area contributed by atoms with E-state index in [2.05, 4.69) is 5.32 Å². The van der Waals surface area contributed by atoms with E-state index < -0.39 is 0 Å². The van der Waals surface area contributed by atoms with Crippen molar-refractivity contribution in [3.05, 3.63) is 28.8 Å². The molecule has 1 fully saturated rings. The Balaban J connectivity index is 1.97. The molecule has 20 heavy (non-hydrogen) atoms. The second kappa shape index (κ2) is 6.95. The number of amides is 2. The predicted molar refractivity (Wildman–Crippen MR) is 81.3 cm³/mol. The third kappa shape index (κ3) is 4.12. The monoisotopic (exact) mass is 296 g/mol. The van der Waals surface area contributed by atoms with E-state index in [0.717, 1.165) is 36.9 Å². The first-order valence-corrected chi connectivity index (χ1v) is 7.44. The smallest absolute Gasteiger partial charge is 0.322 e. The molecule has 0 unspecified atom stereocenters. The molecule has 0 saturated heterocycles. The summed E-state index contributed by atoms with van der Waals surface area (Å²) in [6.45, 7) is 2.80. The average Bonchev–Trinajstić information content (AvgIpc) is 3.22. The fourth-order valence-electron chi connectivity index (χ4n) is 2.18. The maximum atomic E-state index is 12.3. The standard InChI is InChI=1S/C15H21ClN2O2/c1-11-10-12(16)4-7-14(11)17-15(20)18(13-5-6-13)8-2-3-9-19/h4,7,10,13,19H,2-3,5-6,8-9H2,1H3,(H,17,20). The second-order valence-electron chi connectivity index (χ2n) is 5.24. The Hall–Kier alpha value is -1.26. The number of unbranched alkanes of at least 4 members (excludes halogenated alkanes) is 1. The lowest BCUT2D eigenvalue weighted by Gasteiger charge is -2.23. The Kier molecular flexibility index (Phi) is 5.26. The van der Waals surface area contributed by atoms with Gasteiger partial charge in [0.2, 0.25) is 0 Å². The van der Waals surface area contributed by atoms with Crippen molar-refractivity contribution in [3.8, 4) is 0 Å². The number of nitrogens with zero attached hydrogens (tertiary/aromatic N) is 1. The Morgan fingerprint density at radius 3 is 2.80 bits per heavy atom. The van der Waals surface area contributed by atoms with Crippen molar-refractivity contribution >= 4 is 23.3 Å².